The summed E-state index contributed by atoms with van der Waals surface area (Å²) in [6.45, 7) is 3.94. The number of guanidine groups is 1. The van der Waals surface area contributed by atoms with Crippen molar-refractivity contribution in [1.29, 1.82) is 0 Å². The van der Waals surface area contributed by atoms with Crippen molar-refractivity contribution in [2.24, 2.45) is 4.99 Å². The molecule has 1 aliphatic rings. The molecule has 1 aromatic rings. The minimum Gasteiger partial charge on any atom is -0.472 e. The summed E-state index contributed by atoms with van der Waals surface area (Å²) in [5, 5.41) is 3.45. The largest absolute Gasteiger partial charge is 0.472 e. The van der Waals surface area contributed by atoms with E-state index in [0.717, 1.165) is 19.0 Å². The van der Waals surface area contributed by atoms with E-state index in [2.05, 4.69) is 22.1 Å². The smallest absolute Gasteiger partial charge is 0.194 e. The Morgan fingerprint density at radius 1 is 1.62 bits per heavy atom. The van der Waals surface area contributed by atoms with Crippen LogP contribution in [-0.2, 0) is 6.54 Å². The second-order valence-electron chi connectivity index (χ2n) is 4.28. The Hall–Kier alpha value is -1.45. The molecule has 1 aromatic heterocycles. The molecule has 0 radical (unpaired) electrons. The highest BCUT2D eigenvalue weighted by Crippen LogP contribution is 2.08. The van der Waals surface area contributed by atoms with Gasteiger partial charge in [0.15, 0.2) is 5.96 Å². The van der Waals surface area contributed by atoms with Crippen LogP contribution in [0.5, 0.6) is 0 Å². The van der Waals surface area contributed by atoms with E-state index in [-0.39, 0.29) is 0 Å². The van der Waals surface area contributed by atoms with E-state index in [4.69, 9.17) is 4.42 Å². The van der Waals surface area contributed by atoms with Crippen LogP contribution in [0.25, 0.3) is 0 Å². The molecule has 0 amide bonds. The van der Waals surface area contributed by atoms with Gasteiger partial charge in [0, 0.05) is 25.2 Å². The molecule has 0 spiro atoms. The minimum atomic E-state index is 0.520. The maximum atomic E-state index is 5.05. The van der Waals surface area contributed by atoms with Crippen molar-refractivity contribution in [3.63, 3.8) is 0 Å². The molecule has 2 rings (SSSR count). The third-order valence-corrected chi connectivity index (χ3v) is 2.79. The average Bonchev–Trinajstić information content (AvgIpc) is 2.89. The van der Waals surface area contributed by atoms with Gasteiger partial charge in [0.1, 0.15) is 0 Å². The molecule has 0 saturated heterocycles. The first kappa shape index (κ1) is 11.0. The van der Waals surface area contributed by atoms with E-state index in [9.17, 15) is 0 Å². The predicted octanol–water partition coefficient (Wildman–Crippen LogP) is 1.84. The fraction of sp³-hybridized carbons (Fsp3) is 0.583. The van der Waals surface area contributed by atoms with Gasteiger partial charge in [-0.3, -0.25) is 4.99 Å². The van der Waals surface area contributed by atoms with E-state index in [1.54, 1.807) is 12.5 Å². The van der Waals surface area contributed by atoms with Gasteiger partial charge in [-0.15, -0.1) is 0 Å². The van der Waals surface area contributed by atoms with Gasteiger partial charge in [-0.2, -0.15) is 0 Å². The number of rotatable bonds is 4. The Labute approximate surface area is 96.3 Å². The Balaban J connectivity index is 1.85. The molecule has 1 unspecified atom stereocenters. The summed E-state index contributed by atoms with van der Waals surface area (Å²) in [5.74, 6) is 1.000. The monoisotopic (exact) mass is 221 g/mol. The summed E-state index contributed by atoms with van der Waals surface area (Å²) in [6.07, 6.45) is 5.86. The first-order chi connectivity index (χ1) is 7.79. The van der Waals surface area contributed by atoms with Crippen LogP contribution < -0.4 is 5.32 Å². The number of hydrogen-bond acceptors (Lipinski definition) is 4. The van der Waals surface area contributed by atoms with Gasteiger partial charge in [0.25, 0.3) is 0 Å². The zero-order chi connectivity index (χ0) is 11.4. The fourth-order valence-electron chi connectivity index (χ4n) is 1.94. The number of aliphatic imine (C=N–C) groups is 1. The van der Waals surface area contributed by atoms with Crippen LogP contribution in [0.3, 0.4) is 0 Å². The summed E-state index contributed by atoms with van der Waals surface area (Å²) in [7, 11) is 2.05. The molecule has 4 heteroatoms. The lowest BCUT2D eigenvalue weighted by atomic mass is 10.2. The summed E-state index contributed by atoms with van der Waals surface area (Å²) >= 11 is 0. The van der Waals surface area contributed by atoms with Crippen molar-refractivity contribution in [2.45, 2.75) is 32.4 Å². The lowest BCUT2D eigenvalue weighted by molar-refractivity contribution is 0.469. The first-order valence-corrected chi connectivity index (χ1v) is 5.82. The van der Waals surface area contributed by atoms with Crippen LogP contribution in [0.4, 0.5) is 0 Å². The molecule has 4 nitrogen and oxygen atoms in total. The van der Waals surface area contributed by atoms with Gasteiger partial charge in [0.2, 0.25) is 0 Å². The van der Waals surface area contributed by atoms with Crippen molar-refractivity contribution < 1.29 is 4.42 Å². The van der Waals surface area contributed by atoms with Crippen LogP contribution >= 0.6 is 0 Å². The molecule has 88 valence electrons. The highest BCUT2D eigenvalue weighted by molar-refractivity contribution is 5.81. The highest BCUT2D eigenvalue weighted by Gasteiger charge is 2.19. The molecule has 1 aliphatic heterocycles. The van der Waals surface area contributed by atoms with E-state index >= 15 is 0 Å². The van der Waals surface area contributed by atoms with Crippen LogP contribution in [0.1, 0.15) is 25.3 Å². The van der Waals surface area contributed by atoms with E-state index in [1.807, 2.05) is 13.1 Å². The second kappa shape index (κ2) is 5.05. The average molecular weight is 221 g/mol. The summed E-state index contributed by atoms with van der Waals surface area (Å²) in [5.41, 5.74) is 1.17. The van der Waals surface area contributed by atoms with Crippen LogP contribution in [0.15, 0.2) is 28.0 Å². The normalized spacial score (nSPS) is 19.4. The fourth-order valence-corrected chi connectivity index (χ4v) is 1.94. The molecular weight excluding hydrogens is 202 g/mol. The van der Waals surface area contributed by atoms with E-state index in [0.29, 0.717) is 6.04 Å². The number of furan rings is 1. The van der Waals surface area contributed by atoms with Crippen molar-refractivity contribution in [1.82, 2.24) is 10.2 Å². The third kappa shape index (κ3) is 2.56. The lowest BCUT2D eigenvalue weighted by Gasteiger charge is -2.20. The molecule has 0 bridgehead atoms. The van der Waals surface area contributed by atoms with Gasteiger partial charge < -0.3 is 14.6 Å². The van der Waals surface area contributed by atoms with Crippen LogP contribution in [0.2, 0.25) is 0 Å². The number of nitrogens with zero attached hydrogens (tertiary/aromatic N) is 2. The zero-order valence-electron chi connectivity index (χ0n) is 9.94. The summed E-state index contributed by atoms with van der Waals surface area (Å²) in [6, 6.07) is 2.50. The molecule has 16 heavy (non-hydrogen) atoms. The SMILES string of the molecule is CCCC1CN=C(N(C)Cc2ccoc2)N1. The summed E-state index contributed by atoms with van der Waals surface area (Å²) in [4.78, 5) is 6.64. The van der Waals surface area contributed by atoms with Gasteiger partial charge in [-0.05, 0) is 12.5 Å². The molecule has 1 atom stereocenters. The molecule has 2 heterocycles. The Kier molecular flexibility index (Phi) is 3.49. The lowest BCUT2D eigenvalue weighted by Crippen LogP contribution is -2.39. The molecule has 0 aromatic carbocycles. The Bertz CT molecular complexity index is 345. The van der Waals surface area contributed by atoms with Crippen molar-refractivity contribution in [3.05, 3.63) is 24.2 Å². The zero-order valence-corrected chi connectivity index (χ0v) is 9.94. The van der Waals surface area contributed by atoms with Crippen molar-refractivity contribution >= 4 is 5.96 Å². The molecular formula is C12H19N3O. The maximum absolute atomic E-state index is 5.05. The summed E-state index contributed by atoms with van der Waals surface area (Å²) < 4.78 is 5.05. The molecule has 0 saturated carbocycles. The maximum Gasteiger partial charge on any atom is 0.194 e. The van der Waals surface area contributed by atoms with Crippen molar-refractivity contribution in [2.75, 3.05) is 13.6 Å². The third-order valence-electron chi connectivity index (χ3n) is 2.79. The highest BCUT2D eigenvalue weighted by atomic mass is 16.3. The predicted molar refractivity (Wildman–Crippen MR) is 64.3 cm³/mol. The second-order valence-corrected chi connectivity index (χ2v) is 4.28. The Morgan fingerprint density at radius 3 is 3.19 bits per heavy atom. The number of hydrogen-bond donors (Lipinski definition) is 1. The van der Waals surface area contributed by atoms with Gasteiger partial charge in [-0.1, -0.05) is 13.3 Å². The first-order valence-electron chi connectivity index (χ1n) is 5.82. The standard InChI is InChI=1S/C12H19N3O/c1-3-4-11-7-13-12(14-11)15(2)8-10-5-6-16-9-10/h5-6,9,11H,3-4,7-8H2,1-2H3,(H,13,14). The molecule has 0 fully saturated rings. The van der Waals surface area contributed by atoms with E-state index in [1.165, 1.54) is 18.4 Å². The van der Waals surface area contributed by atoms with Gasteiger partial charge in [0.05, 0.1) is 19.1 Å². The molecule has 0 aliphatic carbocycles. The van der Waals surface area contributed by atoms with Crippen LogP contribution in [-0.4, -0.2) is 30.5 Å². The topological polar surface area (TPSA) is 40.8 Å². The van der Waals surface area contributed by atoms with E-state index < -0.39 is 0 Å². The number of nitrogens with one attached hydrogen (secondary N) is 1. The van der Waals surface area contributed by atoms with Gasteiger partial charge in [-0.25, -0.2) is 0 Å². The molecule has 1 N–H and O–H groups in total. The Morgan fingerprint density at radius 2 is 2.50 bits per heavy atom. The van der Waals surface area contributed by atoms with Crippen LogP contribution in [0, 0.1) is 0 Å². The van der Waals surface area contributed by atoms with Gasteiger partial charge >= 0.3 is 0 Å². The van der Waals surface area contributed by atoms with Crippen molar-refractivity contribution in [3.8, 4) is 0 Å². The minimum absolute atomic E-state index is 0.520. The quantitative estimate of drug-likeness (QED) is 0.843.